The molecular formula is C7H12N2O4. The fraction of sp³-hybridized carbons (Fsp3) is 0.714. The predicted octanol–water partition coefficient (Wildman–Crippen LogP) is 0.442. The van der Waals surface area contributed by atoms with E-state index in [4.69, 9.17) is 9.84 Å². The Labute approximate surface area is 75.5 Å². The van der Waals surface area contributed by atoms with E-state index >= 15 is 0 Å². The van der Waals surface area contributed by atoms with Crippen molar-refractivity contribution in [3.8, 4) is 0 Å². The quantitative estimate of drug-likeness (QED) is 0.659. The van der Waals surface area contributed by atoms with Crippen molar-refractivity contribution >= 4 is 12.2 Å². The Hall–Kier alpha value is -1.46. The molecule has 0 spiro atoms. The van der Waals surface area contributed by atoms with Crippen molar-refractivity contribution in [3.05, 3.63) is 0 Å². The largest absolute Gasteiger partial charge is 0.465 e. The number of nitrogens with one attached hydrogen (secondary N) is 1. The number of nitrogens with zero attached hydrogens (tertiary/aromatic N) is 1. The third-order valence-electron chi connectivity index (χ3n) is 1.77. The van der Waals surface area contributed by atoms with Crippen molar-refractivity contribution in [1.29, 1.82) is 0 Å². The molecule has 0 saturated carbocycles. The van der Waals surface area contributed by atoms with E-state index in [2.05, 4.69) is 5.32 Å². The zero-order valence-electron chi connectivity index (χ0n) is 7.32. The Morgan fingerprint density at radius 2 is 2.38 bits per heavy atom. The first-order chi connectivity index (χ1) is 6.15. The monoisotopic (exact) mass is 188 g/mol. The Morgan fingerprint density at radius 1 is 1.69 bits per heavy atom. The molecule has 6 heteroatoms. The molecule has 2 amide bonds. The molecule has 0 bridgehead atoms. The highest BCUT2D eigenvalue weighted by Crippen LogP contribution is 2.18. The highest BCUT2D eigenvalue weighted by molar-refractivity contribution is 5.69. The second-order valence-corrected chi connectivity index (χ2v) is 2.65. The lowest BCUT2D eigenvalue weighted by Crippen LogP contribution is -2.53. The molecular weight excluding hydrogens is 176 g/mol. The Kier molecular flexibility index (Phi) is 2.94. The van der Waals surface area contributed by atoms with Crippen LogP contribution in [0.5, 0.6) is 0 Å². The average Bonchev–Trinajstić information content (AvgIpc) is 1.97. The molecule has 0 radical (unpaired) electrons. The van der Waals surface area contributed by atoms with Gasteiger partial charge < -0.3 is 15.2 Å². The van der Waals surface area contributed by atoms with Crippen LogP contribution in [0.15, 0.2) is 0 Å². The van der Waals surface area contributed by atoms with Gasteiger partial charge in [-0.1, -0.05) is 0 Å². The summed E-state index contributed by atoms with van der Waals surface area (Å²) in [5, 5.41) is 11.0. The summed E-state index contributed by atoms with van der Waals surface area (Å²) in [6.07, 6.45) is -1.66. The summed E-state index contributed by atoms with van der Waals surface area (Å²) in [6.45, 7) is 2.66. The van der Waals surface area contributed by atoms with Crippen molar-refractivity contribution in [3.63, 3.8) is 0 Å². The maximum absolute atomic E-state index is 10.9. The molecule has 1 unspecified atom stereocenters. The number of carbonyl (C=O) groups excluding carboxylic acids is 1. The lowest BCUT2D eigenvalue weighted by atomic mass is 10.2. The molecule has 2 N–H and O–H groups in total. The van der Waals surface area contributed by atoms with Crippen molar-refractivity contribution in [1.82, 2.24) is 10.2 Å². The van der Waals surface area contributed by atoms with Gasteiger partial charge in [0.1, 0.15) is 0 Å². The summed E-state index contributed by atoms with van der Waals surface area (Å²) >= 11 is 0. The minimum Gasteiger partial charge on any atom is -0.465 e. The molecule has 1 atom stereocenters. The van der Waals surface area contributed by atoms with E-state index < -0.39 is 18.4 Å². The number of ether oxygens (including phenoxy) is 1. The van der Waals surface area contributed by atoms with E-state index in [1.165, 1.54) is 0 Å². The lowest BCUT2D eigenvalue weighted by Gasteiger charge is -2.37. The van der Waals surface area contributed by atoms with Crippen LogP contribution in [0.25, 0.3) is 0 Å². The molecule has 6 nitrogen and oxygen atoms in total. The first-order valence-electron chi connectivity index (χ1n) is 4.09. The molecule has 1 saturated heterocycles. The molecule has 1 fully saturated rings. The molecule has 1 heterocycles. The fourth-order valence-electron chi connectivity index (χ4n) is 1.01. The van der Waals surface area contributed by atoms with E-state index in [0.29, 0.717) is 19.5 Å². The summed E-state index contributed by atoms with van der Waals surface area (Å²) in [5.41, 5.74) is 0. The molecule has 1 aliphatic heterocycles. The van der Waals surface area contributed by atoms with E-state index in [1.807, 2.05) is 0 Å². The topological polar surface area (TPSA) is 78.9 Å². The van der Waals surface area contributed by atoms with Crippen LogP contribution < -0.4 is 5.32 Å². The number of hydrogen-bond donors (Lipinski definition) is 2. The van der Waals surface area contributed by atoms with Gasteiger partial charge in [-0.25, -0.2) is 9.59 Å². The molecule has 0 aromatic heterocycles. The van der Waals surface area contributed by atoms with Crippen LogP contribution in [0.3, 0.4) is 0 Å². The van der Waals surface area contributed by atoms with Gasteiger partial charge in [-0.3, -0.25) is 4.90 Å². The molecule has 0 aromatic carbocycles. The summed E-state index contributed by atoms with van der Waals surface area (Å²) in [5.74, 6) is 0. The van der Waals surface area contributed by atoms with E-state index in [0.717, 1.165) is 4.90 Å². The molecule has 74 valence electrons. The lowest BCUT2D eigenvalue weighted by molar-refractivity contribution is -0.0635. The predicted molar refractivity (Wildman–Crippen MR) is 43.3 cm³/mol. The summed E-state index contributed by atoms with van der Waals surface area (Å²) in [6, 6.07) is 0. The van der Waals surface area contributed by atoms with Crippen molar-refractivity contribution in [2.75, 3.05) is 13.1 Å². The number of alkyl carbamates (subject to hydrolysis) is 1. The first-order valence-corrected chi connectivity index (χ1v) is 4.09. The maximum atomic E-state index is 10.9. The SMILES string of the molecule is CCNC(=O)OC1CCN1C(=O)O. The van der Waals surface area contributed by atoms with Gasteiger partial charge in [0.05, 0.1) is 0 Å². The Bertz CT molecular complexity index is 219. The van der Waals surface area contributed by atoms with Crippen LogP contribution in [0, 0.1) is 0 Å². The van der Waals surface area contributed by atoms with Gasteiger partial charge in [-0.2, -0.15) is 0 Å². The maximum Gasteiger partial charge on any atom is 0.410 e. The van der Waals surface area contributed by atoms with Crippen LogP contribution >= 0.6 is 0 Å². The smallest absolute Gasteiger partial charge is 0.410 e. The van der Waals surface area contributed by atoms with Gasteiger partial charge in [-0.05, 0) is 6.92 Å². The van der Waals surface area contributed by atoms with Gasteiger partial charge in [0.2, 0.25) is 0 Å². The molecule has 1 rings (SSSR count). The molecule has 13 heavy (non-hydrogen) atoms. The minimum absolute atomic E-state index is 0.430. The van der Waals surface area contributed by atoms with E-state index in [1.54, 1.807) is 6.92 Å². The van der Waals surface area contributed by atoms with Crippen LogP contribution in [-0.4, -0.2) is 41.5 Å². The first kappa shape index (κ1) is 9.63. The second-order valence-electron chi connectivity index (χ2n) is 2.65. The van der Waals surface area contributed by atoms with Gasteiger partial charge in [0.15, 0.2) is 6.23 Å². The van der Waals surface area contributed by atoms with Gasteiger partial charge in [0.25, 0.3) is 0 Å². The number of hydrogen-bond acceptors (Lipinski definition) is 3. The van der Waals surface area contributed by atoms with E-state index in [-0.39, 0.29) is 0 Å². The summed E-state index contributed by atoms with van der Waals surface area (Å²) in [4.78, 5) is 22.4. The van der Waals surface area contributed by atoms with E-state index in [9.17, 15) is 9.59 Å². The third-order valence-corrected chi connectivity index (χ3v) is 1.77. The van der Waals surface area contributed by atoms with Crippen molar-refractivity contribution in [2.24, 2.45) is 0 Å². The number of carboxylic acid groups (broad SMARTS) is 1. The van der Waals surface area contributed by atoms with Gasteiger partial charge >= 0.3 is 12.2 Å². The van der Waals surface area contributed by atoms with Crippen LogP contribution in [0.4, 0.5) is 9.59 Å². The number of rotatable bonds is 2. The molecule has 1 aliphatic rings. The van der Waals surface area contributed by atoms with Crippen LogP contribution in [-0.2, 0) is 4.74 Å². The fourth-order valence-corrected chi connectivity index (χ4v) is 1.01. The third kappa shape index (κ3) is 2.24. The zero-order valence-corrected chi connectivity index (χ0v) is 7.32. The Morgan fingerprint density at radius 3 is 2.77 bits per heavy atom. The summed E-state index contributed by atoms with van der Waals surface area (Å²) < 4.78 is 4.80. The van der Waals surface area contributed by atoms with Crippen molar-refractivity contribution < 1.29 is 19.4 Å². The molecule has 0 aromatic rings. The van der Waals surface area contributed by atoms with Crippen molar-refractivity contribution in [2.45, 2.75) is 19.6 Å². The standard InChI is InChI=1S/C7H12N2O4/c1-2-8-6(10)13-5-3-4-9(5)7(11)12/h5H,2-4H2,1H3,(H,8,10)(H,11,12). The highest BCUT2D eigenvalue weighted by atomic mass is 16.6. The normalized spacial score (nSPS) is 20.4. The van der Waals surface area contributed by atoms with Gasteiger partial charge in [0, 0.05) is 19.5 Å². The Balaban J connectivity index is 2.30. The summed E-state index contributed by atoms with van der Waals surface area (Å²) in [7, 11) is 0. The average molecular weight is 188 g/mol. The molecule has 0 aliphatic carbocycles. The zero-order chi connectivity index (χ0) is 9.84. The number of carbonyl (C=O) groups is 2. The number of amides is 2. The number of likely N-dealkylation sites (tertiary alicyclic amines) is 1. The van der Waals surface area contributed by atoms with Gasteiger partial charge in [-0.15, -0.1) is 0 Å². The highest BCUT2D eigenvalue weighted by Gasteiger charge is 2.34. The van der Waals surface area contributed by atoms with Crippen LogP contribution in [0.2, 0.25) is 0 Å². The second kappa shape index (κ2) is 3.97. The van der Waals surface area contributed by atoms with Crippen LogP contribution in [0.1, 0.15) is 13.3 Å². The minimum atomic E-state index is -1.06.